The van der Waals surface area contributed by atoms with Gasteiger partial charge in [0, 0.05) is 23.3 Å². The van der Waals surface area contributed by atoms with Crippen LogP contribution in [0.4, 0.5) is 24.5 Å². The number of benzene rings is 3. The number of aryl methyl sites for hydroxylation is 2. The summed E-state index contributed by atoms with van der Waals surface area (Å²) >= 11 is 0.750. The van der Waals surface area contributed by atoms with E-state index in [4.69, 9.17) is 4.74 Å². The van der Waals surface area contributed by atoms with E-state index in [0.29, 0.717) is 17.7 Å². The highest BCUT2D eigenvalue weighted by Gasteiger charge is 2.39. The highest BCUT2D eigenvalue weighted by atomic mass is 32.2. The Kier molecular flexibility index (Phi) is 8.41. The number of carbonyl (C=O) groups is 1. The van der Waals surface area contributed by atoms with E-state index in [9.17, 15) is 28.1 Å². The van der Waals surface area contributed by atoms with Crippen molar-refractivity contribution in [2.24, 2.45) is 0 Å². The molecule has 0 unspecified atom stereocenters. The summed E-state index contributed by atoms with van der Waals surface area (Å²) in [5.41, 5.74) is 2.40. The maximum Gasteiger partial charge on any atom is 0.433 e. The first-order valence-electron chi connectivity index (χ1n) is 13.5. The first-order chi connectivity index (χ1) is 20.4. The summed E-state index contributed by atoms with van der Waals surface area (Å²) in [6.45, 7) is 5.89. The Morgan fingerprint density at radius 3 is 2.58 bits per heavy atom. The summed E-state index contributed by atoms with van der Waals surface area (Å²) in [5, 5.41) is 14.0. The third kappa shape index (κ3) is 6.80. The molecule has 0 fully saturated rings. The lowest BCUT2D eigenvalue weighted by Crippen LogP contribution is -2.19. The second-order valence-electron chi connectivity index (χ2n) is 10.4. The van der Waals surface area contributed by atoms with Gasteiger partial charge in [0.25, 0.3) is 5.69 Å². The number of hydrogen-bond donors (Lipinski definition) is 1. The molecule has 1 aromatic heterocycles. The minimum absolute atomic E-state index is 0.0401. The number of nitrogens with one attached hydrogen (secondary N) is 1. The third-order valence-electron chi connectivity index (χ3n) is 6.91. The van der Waals surface area contributed by atoms with Gasteiger partial charge in [0.05, 0.1) is 28.1 Å². The summed E-state index contributed by atoms with van der Waals surface area (Å²) < 4.78 is 47.9. The number of nitrogens with zero attached hydrogens (tertiary/aromatic N) is 3. The van der Waals surface area contributed by atoms with Crippen LogP contribution in [-0.2, 0) is 23.8 Å². The fraction of sp³-hybridized carbons (Fsp3) is 0.258. The van der Waals surface area contributed by atoms with Crippen LogP contribution in [-0.4, -0.2) is 26.6 Å². The van der Waals surface area contributed by atoms with E-state index in [1.54, 1.807) is 12.1 Å². The first-order valence-corrected chi connectivity index (χ1v) is 14.4. The second-order valence-corrected chi connectivity index (χ2v) is 11.4. The minimum atomic E-state index is -4.69. The molecule has 8 nitrogen and oxygen atoms in total. The molecule has 1 aliphatic carbocycles. The van der Waals surface area contributed by atoms with Gasteiger partial charge >= 0.3 is 6.18 Å². The lowest BCUT2D eigenvalue weighted by atomic mass is 9.88. The van der Waals surface area contributed by atoms with Gasteiger partial charge in [0.1, 0.15) is 11.5 Å². The zero-order valence-corrected chi connectivity index (χ0v) is 24.3. The van der Waals surface area contributed by atoms with Crippen LogP contribution in [0.5, 0.6) is 11.5 Å². The molecule has 4 aromatic rings. The van der Waals surface area contributed by atoms with Gasteiger partial charge in [-0.05, 0) is 48.4 Å². The number of nitro groups is 1. The van der Waals surface area contributed by atoms with Crippen LogP contribution >= 0.6 is 11.8 Å². The lowest BCUT2D eigenvalue weighted by molar-refractivity contribution is -0.384. The van der Waals surface area contributed by atoms with Crippen LogP contribution in [0.25, 0.3) is 11.3 Å². The number of ether oxygens (including phenoxy) is 1. The predicted molar refractivity (Wildman–Crippen MR) is 158 cm³/mol. The number of aromatic nitrogens is 2. The highest BCUT2D eigenvalue weighted by Crippen LogP contribution is 2.40. The largest absolute Gasteiger partial charge is 0.457 e. The van der Waals surface area contributed by atoms with E-state index in [1.807, 2.05) is 51.1 Å². The molecular formula is C31H27F3N4O4S. The topological polar surface area (TPSA) is 107 Å². The smallest absolute Gasteiger partial charge is 0.433 e. The van der Waals surface area contributed by atoms with Gasteiger partial charge < -0.3 is 10.1 Å². The van der Waals surface area contributed by atoms with Crippen molar-refractivity contribution in [3.8, 4) is 22.8 Å². The van der Waals surface area contributed by atoms with E-state index < -0.39 is 22.7 Å². The lowest BCUT2D eigenvalue weighted by Gasteiger charge is -2.22. The van der Waals surface area contributed by atoms with E-state index in [0.717, 1.165) is 28.5 Å². The molecule has 0 radical (unpaired) electrons. The number of hydrogen-bond acceptors (Lipinski definition) is 7. The van der Waals surface area contributed by atoms with Crippen molar-refractivity contribution >= 4 is 29.0 Å². The minimum Gasteiger partial charge on any atom is -0.457 e. The summed E-state index contributed by atoms with van der Waals surface area (Å²) in [4.78, 5) is 32.1. The Morgan fingerprint density at radius 1 is 1.09 bits per heavy atom. The Balaban J connectivity index is 1.37. The monoisotopic (exact) mass is 608 g/mol. The zero-order chi connectivity index (χ0) is 30.9. The van der Waals surface area contributed by atoms with Gasteiger partial charge in [-0.3, -0.25) is 14.9 Å². The molecule has 5 rings (SSSR count). The van der Waals surface area contributed by atoms with Gasteiger partial charge in [0.15, 0.2) is 10.9 Å². The number of fused-ring (bicyclic) bond motifs is 3. The van der Waals surface area contributed by atoms with Crippen molar-refractivity contribution in [1.82, 2.24) is 9.97 Å². The molecule has 0 bridgehead atoms. The Bertz CT molecular complexity index is 1730. The van der Waals surface area contributed by atoms with E-state index >= 15 is 0 Å². The molecule has 43 heavy (non-hydrogen) atoms. The molecule has 0 aliphatic heterocycles. The zero-order valence-electron chi connectivity index (χ0n) is 23.5. The maximum atomic E-state index is 14.0. The number of carbonyl (C=O) groups excluding carboxylic acids is 1. The maximum absolute atomic E-state index is 14.0. The number of thioether (sulfide) groups is 1. The van der Waals surface area contributed by atoms with Crippen LogP contribution in [0.3, 0.4) is 0 Å². The average molecular weight is 609 g/mol. The van der Waals surface area contributed by atoms with Gasteiger partial charge in [-0.25, -0.2) is 9.97 Å². The number of anilines is 1. The van der Waals surface area contributed by atoms with Crippen molar-refractivity contribution in [1.29, 1.82) is 0 Å². The van der Waals surface area contributed by atoms with Crippen molar-refractivity contribution in [3.05, 3.63) is 98.7 Å². The van der Waals surface area contributed by atoms with Gasteiger partial charge in [-0.2, -0.15) is 13.2 Å². The van der Waals surface area contributed by atoms with Crippen molar-refractivity contribution in [2.75, 3.05) is 11.1 Å². The van der Waals surface area contributed by atoms with E-state index in [1.165, 1.54) is 18.2 Å². The van der Waals surface area contributed by atoms with Crippen LogP contribution in [0.2, 0.25) is 0 Å². The Labute approximate surface area is 249 Å². The number of halogens is 3. The average Bonchev–Trinajstić information content (AvgIpc) is 2.94. The molecular weight excluding hydrogens is 581 g/mol. The summed E-state index contributed by atoms with van der Waals surface area (Å²) in [5.74, 6) is -0.120. The van der Waals surface area contributed by atoms with Crippen LogP contribution in [0.1, 0.15) is 47.7 Å². The quantitative estimate of drug-likeness (QED) is 0.0932. The standard InChI is InChI=1S/C31H27F3N4O4S/c1-17(2)23-10-8-18(3)12-26(23)42-22-14-20(13-21(15-22)38(40)41)35-27(39)16-43-30-36-28-24-7-5-4-6-19(24)9-11-25(28)29(37-30)31(32,33)34/h4-8,10,12-15,17H,9,11,16H2,1-3H3,(H,35,39). The number of nitro benzene ring substituents is 1. The van der Waals surface area contributed by atoms with E-state index in [2.05, 4.69) is 15.3 Å². The van der Waals surface area contributed by atoms with Crippen molar-refractivity contribution in [3.63, 3.8) is 0 Å². The number of alkyl halides is 3. The molecule has 1 N–H and O–H groups in total. The molecule has 0 atom stereocenters. The molecule has 1 aliphatic rings. The molecule has 0 spiro atoms. The molecule has 0 saturated heterocycles. The molecule has 0 saturated carbocycles. The fourth-order valence-electron chi connectivity index (χ4n) is 4.93. The van der Waals surface area contributed by atoms with Crippen LogP contribution < -0.4 is 10.1 Å². The molecule has 12 heteroatoms. The fourth-order valence-corrected chi connectivity index (χ4v) is 5.58. The van der Waals surface area contributed by atoms with Gasteiger partial charge in [0.2, 0.25) is 5.91 Å². The predicted octanol–water partition coefficient (Wildman–Crippen LogP) is 8.12. The molecule has 1 heterocycles. The Hall–Kier alpha value is -4.45. The summed E-state index contributed by atoms with van der Waals surface area (Å²) in [7, 11) is 0. The normalized spacial score (nSPS) is 12.4. The van der Waals surface area contributed by atoms with Crippen molar-refractivity contribution < 1.29 is 27.6 Å². The SMILES string of the molecule is Cc1ccc(C(C)C)c(Oc2cc(NC(=O)CSc3nc4c(c(C(F)(F)F)n3)CCc3ccccc3-4)cc([N+](=O)[O-])c2)c1. The number of non-ortho nitro benzene ring substituents is 1. The molecule has 3 aromatic carbocycles. The number of rotatable bonds is 8. The molecule has 222 valence electrons. The second kappa shape index (κ2) is 12.0. The highest BCUT2D eigenvalue weighted by molar-refractivity contribution is 7.99. The van der Waals surface area contributed by atoms with Crippen LogP contribution in [0, 0.1) is 17.0 Å². The van der Waals surface area contributed by atoms with E-state index in [-0.39, 0.29) is 51.6 Å². The number of amides is 1. The van der Waals surface area contributed by atoms with Gasteiger partial charge in [-0.1, -0.05) is 62.0 Å². The Morgan fingerprint density at radius 2 is 1.86 bits per heavy atom. The van der Waals surface area contributed by atoms with Crippen LogP contribution in [0.15, 0.2) is 65.8 Å². The van der Waals surface area contributed by atoms with Crippen molar-refractivity contribution in [2.45, 2.75) is 50.9 Å². The van der Waals surface area contributed by atoms with Gasteiger partial charge in [-0.15, -0.1) is 0 Å². The summed E-state index contributed by atoms with van der Waals surface area (Å²) in [6, 6.07) is 16.7. The third-order valence-corrected chi connectivity index (χ3v) is 7.76. The molecule has 1 amide bonds. The summed E-state index contributed by atoms with van der Waals surface area (Å²) in [6.07, 6.45) is -4.09. The first kappa shape index (κ1) is 30.0.